The van der Waals surface area contributed by atoms with E-state index >= 15 is 0 Å². The largest absolute Gasteiger partial charge is 0.396 e. The van der Waals surface area contributed by atoms with Gasteiger partial charge in [0.15, 0.2) is 0 Å². The average molecular weight is 258 g/mol. The standard InChI is InChI=1S/C15H34N2O/c1-6-16-14(15(2,3)4)10-12-17(5)11-8-7-9-13-18/h14,16,18H,6-13H2,1-5H3. The molecular weight excluding hydrogens is 224 g/mol. The minimum atomic E-state index is 0.327. The summed E-state index contributed by atoms with van der Waals surface area (Å²) in [4.78, 5) is 2.41. The molecule has 3 nitrogen and oxygen atoms in total. The number of aliphatic hydroxyl groups excluding tert-OH is 1. The molecule has 0 aliphatic heterocycles. The molecule has 0 aliphatic carbocycles. The van der Waals surface area contributed by atoms with Crippen LogP contribution in [0.1, 0.15) is 53.4 Å². The van der Waals surface area contributed by atoms with Crippen molar-refractivity contribution in [3.63, 3.8) is 0 Å². The van der Waals surface area contributed by atoms with Crippen molar-refractivity contribution in [1.82, 2.24) is 10.2 Å². The summed E-state index contributed by atoms with van der Waals surface area (Å²) in [5.74, 6) is 0. The van der Waals surface area contributed by atoms with Crippen molar-refractivity contribution in [1.29, 1.82) is 0 Å². The van der Waals surface area contributed by atoms with Crippen molar-refractivity contribution in [2.24, 2.45) is 5.41 Å². The summed E-state index contributed by atoms with van der Waals surface area (Å²) in [6.07, 6.45) is 4.47. The number of nitrogens with zero attached hydrogens (tertiary/aromatic N) is 1. The first-order valence-electron chi connectivity index (χ1n) is 7.44. The van der Waals surface area contributed by atoms with Gasteiger partial charge in [0.25, 0.3) is 0 Å². The summed E-state index contributed by atoms with van der Waals surface area (Å²) in [5.41, 5.74) is 0.327. The topological polar surface area (TPSA) is 35.5 Å². The Kier molecular flexibility index (Phi) is 9.70. The highest BCUT2D eigenvalue weighted by atomic mass is 16.2. The van der Waals surface area contributed by atoms with Gasteiger partial charge in [0.05, 0.1) is 0 Å². The third-order valence-electron chi connectivity index (χ3n) is 3.49. The van der Waals surface area contributed by atoms with Crippen LogP contribution in [0.4, 0.5) is 0 Å². The van der Waals surface area contributed by atoms with Gasteiger partial charge < -0.3 is 15.3 Å². The third-order valence-corrected chi connectivity index (χ3v) is 3.49. The minimum absolute atomic E-state index is 0.327. The summed E-state index contributed by atoms with van der Waals surface area (Å²) in [6.45, 7) is 12.8. The van der Waals surface area contributed by atoms with Crippen molar-refractivity contribution in [2.45, 2.75) is 59.4 Å². The molecule has 0 fully saturated rings. The van der Waals surface area contributed by atoms with Gasteiger partial charge in [0.1, 0.15) is 0 Å². The minimum Gasteiger partial charge on any atom is -0.396 e. The predicted octanol–water partition coefficient (Wildman–Crippen LogP) is 2.50. The Morgan fingerprint density at radius 1 is 1.11 bits per heavy atom. The Hall–Kier alpha value is -0.120. The van der Waals surface area contributed by atoms with Crippen molar-refractivity contribution >= 4 is 0 Å². The van der Waals surface area contributed by atoms with Crippen LogP contribution in [0.25, 0.3) is 0 Å². The monoisotopic (exact) mass is 258 g/mol. The van der Waals surface area contributed by atoms with Crippen LogP contribution in [0.3, 0.4) is 0 Å². The van der Waals surface area contributed by atoms with E-state index in [4.69, 9.17) is 5.11 Å². The highest BCUT2D eigenvalue weighted by Gasteiger charge is 2.23. The maximum Gasteiger partial charge on any atom is 0.0431 e. The Morgan fingerprint density at radius 3 is 2.28 bits per heavy atom. The fraction of sp³-hybridized carbons (Fsp3) is 1.00. The predicted molar refractivity (Wildman–Crippen MR) is 80.0 cm³/mol. The molecule has 0 aromatic heterocycles. The number of nitrogens with one attached hydrogen (secondary N) is 1. The maximum atomic E-state index is 8.73. The number of rotatable bonds is 10. The van der Waals surface area contributed by atoms with Crippen molar-refractivity contribution in [3.8, 4) is 0 Å². The first kappa shape index (κ1) is 17.9. The lowest BCUT2D eigenvalue weighted by molar-refractivity contribution is 0.220. The molecule has 0 spiro atoms. The Balaban J connectivity index is 3.82. The molecule has 0 amide bonds. The molecular formula is C15H34N2O. The van der Waals surface area contributed by atoms with E-state index in [1.807, 2.05) is 0 Å². The zero-order valence-corrected chi connectivity index (χ0v) is 13.1. The lowest BCUT2D eigenvalue weighted by Crippen LogP contribution is -2.42. The van der Waals surface area contributed by atoms with Crippen molar-refractivity contribution < 1.29 is 5.11 Å². The summed E-state index contributed by atoms with van der Waals surface area (Å²) in [6, 6.07) is 0.586. The van der Waals surface area contributed by atoms with Crippen molar-refractivity contribution in [3.05, 3.63) is 0 Å². The molecule has 3 heteroatoms. The average Bonchev–Trinajstić information content (AvgIpc) is 2.28. The number of aliphatic hydroxyl groups is 1. The number of unbranched alkanes of at least 4 members (excludes halogenated alkanes) is 2. The van der Waals surface area contributed by atoms with Gasteiger partial charge in [-0.2, -0.15) is 0 Å². The van der Waals surface area contributed by atoms with Gasteiger partial charge in [0.2, 0.25) is 0 Å². The van der Waals surface area contributed by atoms with Gasteiger partial charge in [0, 0.05) is 12.6 Å². The van der Waals surface area contributed by atoms with Gasteiger partial charge in [-0.3, -0.25) is 0 Å². The van der Waals surface area contributed by atoms with Gasteiger partial charge in [-0.1, -0.05) is 27.7 Å². The lowest BCUT2D eigenvalue weighted by Gasteiger charge is -2.32. The SMILES string of the molecule is CCNC(CCN(C)CCCCCO)C(C)(C)C. The molecule has 0 rings (SSSR count). The van der Waals surface area contributed by atoms with Crippen LogP contribution in [0, 0.1) is 5.41 Å². The molecule has 0 aliphatic rings. The van der Waals surface area contributed by atoms with Crippen LogP contribution in [0.5, 0.6) is 0 Å². The van der Waals surface area contributed by atoms with Crippen molar-refractivity contribution in [2.75, 3.05) is 33.3 Å². The molecule has 0 aromatic carbocycles. The van der Waals surface area contributed by atoms with Crippen LogP contribution in [0.15, 0.2) is 0 Å². The summed E-state index contributed by atoms with van der Waals surface area (Å²) in [5, 5.41) is 12.3. The van der Waals surface area contributed by atoms with E-state index in [2.05, 4.69) is 45.0 Å². The van der Waals surface area contributed by atoms with E-state index in [1.54, 1.807) is 0 Å². The van der Waals surface area contributed by atoms with Crippen LogP contribution < -0.4 is 5.32 Å². The van der Waals surface area contributed by atoms with E-state index in [-0.39, 0.29) is 0 Å². The van der Waals surface area contributed by atoms with Gasteiger partial charge in [-0.15, -0.1) is 0 Å². The quantitative estimate of drug-likeness (QED) is 0.591. The fourth-order valence-electron chi connectivity index (χ4n) is 2.22. The van der Waals surface area contributed by atoms with Crippen LogP contribution in [0.2, 0.25) is 0 Å². The molecule has 18 heavy (non-hydrogen) atoms. The smallest absolute Gasteiger partial charge is 0.0431 e. The molecule has 1 unspecified atom stereocenters. The first-order chi connectivity index (χ1) is 8.41. The van der Waals surface area contributed by atoms with E-state index in [1.165, 1.54) is 12.8 Å². The first-order valence-corrected chi connectivity index (χ1v) is 7.44. The molecule has 0 aromatic rings. The third kappa shape index (κ3) is 8.90. The number of hydrogen-bond donors (Lipinski definition) is 2. The highest BCUT2D eigenvalue weighted by molar-refractivity contribution is 4.80. The summed E-state index contributed by atoms with van der Waals surface area (Å²) < 4.78 is 0. The molecule has 2 N–H and O–H groups in total. The number of hydrogen-bond acceptors (Lipinski definition) is 3. The van der Waals surface area contributed by atoms with Gasteiger partial charge in [-0.05, 0) is 57.8 Å². The molecule has 0 radical (unpaired) electrons. The van der Waals surface area contributed by atoms with Crippen LogP contribution >= 0.6 is 0 Å². The second-order valence-corrected chi connectivity index (χ2v) is 6.35. The molecule has 0 heterocycles. The van der Waals surface area contributed by atoms with E-state index in [0.29, 0.717) is 18.1 Å². The normalized spacial score (nSPS) is 14.2. The Morgan fingerprint density at radius 2 is 1.78 bits per heavy atom. The van der Waals surface area contributed by atoms with E-state index < -0.39 is 0 Å². The van der Waals surface area contributed by atoms with Crippen LogP contribution in [-0.2, 0) is 0 Å². The zero-order chi connectivity index (χ0) is 14.0. The van der Waals surface area contributed by atoms with Gasteiger partial charge >= 0.3 is 0 Å². The zero-order valence-electron chi connectivity index (χ0n) is 13.1. The Labute approximate surface area is 114 Å². The molecule has 0 saturated carbocycles. The second-order valence-electron chi connectivity index (χ2n) is 6.35. The highest BCUT2D eigenvalue weighted by Crippen LogP contribution is 2.21. The molecule has 0 saturated heterocycles. The lowest BCUT2D eigenvalue weighted by atomic mass is 9.84. The molecule has 1 atom stereocenters. The fourth-order valence-corrected chi connectivity index (χ4v) is 2.22. The molecule has 110 valence electrons. The summed E-state index contributed by atoms with van der Waals surface area (Å²) >= 11 is 0. The second kappa shape index (κ2) is 9.76. The van der Waals surface area contributed by atoms with Gasteiger partial charge in [-0.25, -0.2) is 0 Å². The Bertz CT molecular complexity index is 189. The molecule has 0 bridgehead atoms. The van der Waals surface area contributed by atoms with Crippen LogP contribution in [-0.4, -0.2) is 49.3 Å². The summed E-state index contributed by atoms with van der Waals surface area (Å²) in [7, 11) is 2.20. The van der Waals surface area contributed by atoms with E-state index in [0.717, 1.165) is 32.5 Å². The van der Waals surface area contributed by atoms with E-state index in [9.17, 15) is 0 Å². The maximum absolute atomic E-state index is 8.73.